The molecule has 137 heavy (non-hydrogen) atoms. The van der Waals surface area contributed by atoms with Crippen LogP contribution in [-0.4, -0.2) is 86.1 Å². The Kier molecular flexibility index (Phi) is 29.5. The Labute approximate surface area is 794 Å². The normalized spacial score (nSPS) is 10.9. The molecule has 0 saturated carbocycles. The van der Waals surface area contributed by atoms with Crippen molar-refractivity contribution in [1.82, 2.24) is 36.5 Å². The number of aryl methyl sites for hydroxylation is 1. The van der Waals surface area contributed by atoms with Gasteiger partial charge < -0.3 is 43.8 Å². The standard InChI is InChI=1S/C25H22N4O4S.C25H21N3O4S.C24H18N4O5S.C24H16N4O4S.3CH4/c1-27(2)17-11-9-16(10-12-17)26-21(30)15-28-22-19-7-3-4-8-20(19)34-23(22)24(31)29(25(28)32)14-18-6-5-13-33-18;1-2-16-9-11-17(12-10-16)26-21(29)15-27-22-19-7-3-4-8-20(19)33-23(22)24(30)28(25(27)31)14-18-6-5-13-32-18;1-26(32)18-10-4-3-9-17(18)25-20(29)14-27-21-16-8-2-5-11-19(16)34-22(21)23(30)28(24(27)31)13-15-7-6-12-33-15;25-12-15-6-1-3-9-18(15)26-20(29)14-27-21-17-8-2-4-10-19(17)33-22(21)23(30)28(24(27)31)13-16-7-5-11-32-16;;;/h3-13H,14-15H2,1-2H3,(H,26,30);3-13H,2,14-15H2,1H3,(H,26,29);2-12H,13-14H2,1H3;1-11H,13-14H2,(H,26,29);3*1H4/p+1. The number of thiophene rings is 4. The summed E-state index contributed by atoms with van der Waals surface area (Å²) in [7, 11) is 5.21. The van der Waals surface area contributed by atoms with Crippen molar-refractivity contribution in [2.75, 3.05) is 47.3 Å². The van der Waals surface area contributed by atoms with E-state index in [1.165, 1.54) is 101 Å². The summed E-state index contributed by atoms with van der Waals surface area (Å²) in [5.41, 5.74) is 2.52. The van der Waals surface area contributed by atoms with Gasteiger partial charge in [-0.25, -0.2) is 19.2 Å². The van der Waals surface area contributed by atoms with Crippen LogP contribution in [-0.2, 0) is 78.0 Å². The van der Waals surface area contributed by atoms with Gasteiger partial charge in [0.05, 0.1) is 84.5 Å². The monoisotopic (exact) mass is 1910 g/mol. The summed E-state index contributed by atoms with van der Waals surface area (Å²) in [5.74, 6) is 0.173. The van der Waals surface area contributed by atoms with Crippen LogP contribution in [0.3, 0.4) is 0 Å². The second kappa shape index (κ2) is 42.0. The van der Waals surface area contributed by atoms with Gasteiger partial charge in [0.25, 0.3) is 27.9 Å². The van der Waals surface area contributed by atoms with Crippen LogP contribution in [0.25, 0.3) is 81.2 Å². The van der Waals surface area contributed by atoms with Crippen LogP contribution in [0.1, 0.15) is 63.4 Å². The predicted molar refractivity (Wildman–Crippen MR) is 541 cm³/mol. The zero-order valence-corrected chi connectivity index (χ0v) is 75.0. The second-order valence-electron chi connectivity index (χ2n) is 30.8. The molecule has 0 spiro atoms. The van der Waals surface area contributed by atoms with Gasteiger partial charge >= 0.3 is 22.8 Å². The molecule has 8 aromatic carbocycles. The van der Waals surface area contributed by atoms with E-state index in [0.717, 1.165) is 65.3 Å². The van der Waals surface area contributed by atoms with E-state index in [-0.39, 0.29) is 97.7 Å². The van der Waals surface area contributed by atoms with Gasteiger partial charge in [-0.1, -0.05) is 138 Å². The number of anilines is 5. The largest absolute Gasteiger partial charge is 0.467 e. The minimum Gasteiger partial charge on any atom is -0.467 e. The van der Waals surface area contributed by atoms with Crippen molar-refractivity contribution in [3.63, 3.8) is 0 Å². The molecule has 36 heteroatoms. The molecule has 0 atom stereocenters. The number of para-hydroxylation sites is 3. The van der Waals surface area contributed by atoms with Gasteiger partial charge in [-0.05, 0) is 139 Å². The van der Waals surface area contributed by atoms with Crippen LogP contribution in [0.15, 0.2) is 324 Å². The Morgan fingerprint density at radius 2 is 0.642 bits per heavy atom. The van der Waals surface area contributed by atoms with Crippen molar-refractivity contribution in [3.05, 3.63) is 390 Å². The molecule has 32 nitrogen and oxygen atoms in total. The highest BCUT2D eigenvalue weighted by molar-refractivity contribution is 7.27. The first-order chi connectivity index (χ1) is 65.0. The molecule has 0 saturated heterocycles. The zero-order chi connectivity index (χ0) is 93.5. The van der Waals surface area contributed by atoms with E-state index in [1.54, 1.807) is 97.1 Å². The van der Waals surface area contributed by atoms with Gasteiger partial charge in [-0.2, -0.15) is 5.26 Å². The predicted octanol–water partition coefficient (Wildman–Crippen LogP) is 17.1. The number of nitroso groups, excluding NO2 is 1. The van der Waals surface area contributed by atoms with Crippen LogP contribution < -0.4 is 71.2 Å². The molecule has 0 aliphatic carbocycles. The highest BCUT2D eigenvalue weighted by Gasteiger charge is 2.28. The maximum atomic E-state index is 13.5. The van der Waals surface area contributed by atoms with Crippen molar-refractivity contribution >= 4 is 184 Å². The number of hydrogen-bond donors (Lipinski definition) is 4. The molecule has 694 valence electrons. The quantitative estimate of drug-likeness (QED) is 0.0432. The number of rotatable bonds is 23. The lowest BCUT2D eigenvalue weighted by Crippen LogP contribution is -2.41. The van der Waals surface area contributed by atoms with Crippen molar-refractivity contribution in [3.8, 4) is 6.07 Å². The van der Waals surface area contributed by atoms with Crippen LogP contribution in [0.4, 0.5) is 34.1 Å². The third-order valence-corrected chi connectivity index (χ3v) is 26.5. The van der Waals surface area contributed by atoms with Crippen LogP contribution >= 0.6 is 45.3 Å². The van der Waals surface area contributed by atoms with E-state index in [9.17, 15) is 67.7 Å². The molecule has 20 aromatic rings. The molecule has 0 aliphatic heterocycles. The number of carbonyl (C=O) groups excluding carboxylic acids is 4. The van der Waals surface area contributed by atoms with Crippen molar-refractivity contribution in [2.24, 2.45) is 0 Å². The molecule has 12 heterocycles. The molecule has 0 bridgehead atoms. The Balaban J connectivity index is 0.000000145. The maximum Gasteiger partial charge on any atom is 0.332 e. The topological polar surface area (TPSA) is 392 Å². The Bertz CT molecular complexity index is 8510. The number of benzene rings is 8. The first kappa shape index (κ1) is 96.3. The fourth-order valence-corrected chi connectivity index (χ4v) is 20.1. The zero-order valence-electron chi connectivity index (χ0n) is 71.8. The smallest absolute Gasteiger partial charge is 0.332 e. The lowest BCUT2D eigenvalue weighted by atomic mass is 10.1. The van der Waals surface area contributed by atoms with E-state index in [0.29, 0.717) is 102 Å². The summed E-state index contributed by atoms with van der Waals surface area (Å²) in [6.07, 6.45) is 6.83. The minimum atomic E-state index is -0.623. The lowest BCUT2D eigenvalue weighted by Gasteiger charge is -2.14. The molecule has 12 aromatic heterocycles. The molecule has 4 N–H and O–H groups in total. The summed E-state index contributed by atoms with van der Waals surface area (Å²) < 4.78 is 36.8. The molecular formula is C101H90N15O17S4+. The van der Waals surface area contributed by atoms with Crippen LogP contribution in [0, 0.1) is 16.2 Å². The Morgan fingerprint density at radius 1 is 0.358 bits per heavy atom. The average Bonchev–Trinajstić information content (AvgIpc) is 1.61. The number of fused-ring (bicyclic) bond motifs is 12. The minimum absolute atomic E-state index is 0. The summed E-state index contributed by atoms with van der Waals surface area (Å²) in [6, 6.07) is 73.5. The fraction of sp³-hybridized carbons (Fsp3) is 0.158. The van der Waals surface area contributed by atoms with Crippen LogP contribution in [0.2, 0.25) is 0 Å². The van der Waals surface area contributed by atoms with Gasteiger partial charge in [-0.15, -0.1) is 45.3 Å². The Morgan fingerprint density at radius 3 is 0.942 bits per heavy atom. The molecule has 4 amide bonds. The lowest BCUT2D eigenvalue weighted by molar-refractivity contribution is -0.427. The highest BCUT2D eigenvalue weighted by atomic mass is 32.1. The van der Waals surface area contributed by atoms with E-state index >= 15 is 0 Å². The average molecular weight is 1910 g/mol. The Hall–Kier alpha value is -16.8. The number of aromatic nitrogens is 8. The summed E-state index contributed by atoms with van der Waals surface area (Å²) >= 11 is 5.18. The summed E-state index contributed by atoms with van der Waals surface area (Å²) in [5, 5.41) is 23.4. The second-order valence-corrected chi connectivity index (χ2v) is 35.0. The number of amides is 4. The number of furan rings is 4. The third-order valence-electron chi connectivity index (χ3n) is 21.9. The van der Waals surface area contributed by atoms with Gasteiger partial charge in [0.1, 0.15) is 79.8 Å². The molecule has 20 rings (SSSR count). The number of carbonyl (C=O) groups is 4. The van der Waals surface area contributed by atoms with Gasteiger partial charge in [-0.3, -0.25) is 74.9 Å². The first-order valence-corrected chi connectivity index (χ1v) is 45.0. The number of hydrogen-bond acceptors (Lipinski definition) is 23. The molecule has 0 unspecified atom stereocenters. The van der Waals surface area contributed by atoms with Gasteiger partial charge in [0.15, 0.2) is 7.05 Å². The van der Waals surface area contributed by atoms with Crippen molar-refractivity contribution in [1.29, 1.82) is 5.26 Å². The summed E-state index contributed by atoms with van der Waals surface area (Å²) in [6.45, 7) is 0.827. The summed E-state index contributed by atoms with van der Waals surface area (Å²) in [4.78, 5) is 173. The van der Waals surface area contributed by atoms with E-state index in [1.807, 2.05) is 171 Å². The number of nitrogens with zero attached hydrogens (tertiary/aromatic N) is 11. The van der Waals surface area contributed by atoms with E-state index < -0.39 is 51.3 Å². The van der Waals surface area contributed by atoms with Gasteiger partial charge in [0.2, 0.25) is 23.6 Å². The number of nitriles is 1. The van der Waals surface area contributed by atoms with E-state index in [4.69, 9.17) is 17.7 Å². The number of nitrogens with one attached hydrogen (secondary N) is 4. The SMILES string of the molecule is C.C.C.CCc1ccc(NC(=O)Cn2c(=O)n(Cc3ccco3)c(=O)c3sc4ccccc4c32)cc1.CN(C)c1ccc(NC(=O)Cn2c(=O)n(Cc3ccco3)c(=O)c3sc4ccccc4c32)cc1.C[N+](=O)c1ccccc1NC(=O)Cn1c(=O)n(Cc2ccco2)c(=O)c2sc3ccccc3c21.N#Cc1ccccc1NC(=O)Cn1c(=O)n(Cc2ccco2)c(=O)c2sc3ccccc3c21. The molecular weight excluding hydrogens is 1820 g/mol. The molecule has 0 fully saturated rings. The highest BCUT2D eigenvalue weighted by Crippen LogP contribution is 2.36. The van der Waals surface area contributed by atoms with E-state index in [2.05, 4.69) is 28.2 Å². The maximum absolute atomic E-state index is 13.5. The van der Waals surface area contributed by atoms with Crippen molar-refractivity contribution < 1.29 is 41.6 Å². The fourth-order valence-electron chi connectivity index (χ4n) is 15.5. The molecule has 0 aliphatic rings. The van der Waals surface area contributed by atoms with Gasteiger partial charge in [0, 0.05) is 87.2 Å². The third kappa shape index (κ3) is 20.1. The van der Waals surface area contributed by atoms with Crippen LogP contribution in [0.5, 0.6) is 0 Å². The first-order valence-electron chi connectivity index (χ1n) is 41.7. The van der Waals surface area contributed by atoms with Crippen molar-refractivity contribution in [2.45, 2.75) is 88.0 Å². The molecule has 0 radical (unpaired) electrons.